The van der Waals surface area contributed by atoms with E-state index in [1.165, 1.54) is 0 Å². The van der Waals surface area contributed by atoms with Gasteiger partial charge in [-0.15, -0.1) is 0 Å². The van der Waals surface area contributed by atoms with Gasteiger partial charge >= 0.3 is 0 Å². The van der Waals surface area contributed by atoms with Crippen LogP contribution in [0.2, 0.25) is 5.15 Å². The fourth-order valence-electron chi connectivity index (χ4n) is 2.49. The number of hydrogen-bond acceptors (Lipinski definition) is 3. The molecule has 6 heteroatoms. The first-order chi connectivity index (χ1) is 9.07. The third kappa shape index (κ3) is 3.27. The molecule has 2 rings (SSSR count). The maximum atomic E-state index is 12.5. The lowest BCUT2D eigenvalue weighted by molar-refractivity contribution is -0.122. The number of nitrogens with zero attached hydrogens (tertiary/aromatic N) is 1. The Morgan fingerprint density at radius 1 is 1.68 bits per heavy atom. The van der Waals surface area contributed by atoms with Gasteiger partial charge in [0.15, 0.2) is 0 Å². The maximum Gasteiger partial charge on any atom is 0.244 e. The van der Waals surface area contributed by atoms with E-state index in [0.717, 1.165) is 32.2 Å². The van der Waals surface area contributed by atoms with Crippen LogP contribution < -0.4 is 10.6 Å². The molecule has 2 heterocycles. The van der Waals surface area contributed by atoms with Gasteiger partial charge in [-0.1, -0.05) is 24.9 Å². The van der Waals surface area contributed by atoms with E-state index < -0.39 is 5.54 Å². The van der Waals surface area contributed by atoms with E-state index in [4.69, 9.17) is 11.6 Å². The average molecular weight is 347 g/mol. The Balaban J connectivity index is 2.12. The van der Waals surface area contributed by atoms with E-state index in [2.05, 4.69) is 38.5 Å². The molecule has 1 saturated heterocycles. The predicted octanol–water partition coefficient (Wildman–Crippen LogP) is 3.36. The molecule has 1 aliphatic rings. The van der Waals surface area contributed by atoms with Gasteiger partial charge in [0.25, 0.3) is 0 Å². The van der Waals surface area contributed by atoms with Gasteiger partial charge in [0.05, 0.1) is 21.9 Å². The minimum Gasteiger partial charge on any atom is -0.323 e. The van der Waals surface area contributed by atoms with Gasteiger partial charge in [0.1, 0.15) is 5.15 Å². The van der Waals surface area contributed by atoms with E-state index >= 15 is 0 Å². The number of pyridine rings is 1. The highest BCUT2D eigenvalue weighted by molar-refractivity contribution is 9.10. The Bertz CT molecular complexity index is 475. The van der Waals surface area contributed by atoms with Crippen molar-refractivity contribution in [3.63, 3.8) is 0 Å². The highest BCUT2D eigenvalue weighted by Crippen LogP contribution is 2.28. The number of halogens is 2. The van der Waals surface area contributed by atoms with Crippen molar-refractivity contribution in [3.05, 3.63) is 21.9 Å². The zero-order valence-electron chi connectivity index (χ0n) is 10.8. The first-order valence-corrected chi connectivity index (χ1v) is 7.62. The first kappa shape index (κ1) is 14.8. The number of rotatable bonds is 4. The van der Waals surface area contributed by atoms with Gasteiger partial charge in [-0.05, 0) is 47.8 Å². The molecule has 0 bridgehead atoms. The molecule has 1 amide bonds. The van der Waals surface area contributed by atoms with Crippen molar-refractivity contribution in [2.45, 2.75) is 38.1 Å². The number of hydrogen-bond donors (Lipinski definition) is 2. The van der Waals surface area contributed by atoms with Crippen LogP contribution >= 0.6 is 27.5 Å². The monoisotopic (exact) mass is 345 g/mol. The molecule has 1 aromatic rings. The largest absolute Gasteiger partial charge is 0.323 e. The summed E-state index contributed by atoms with van der Waals surface area (Å²) < 4.78 is 0.677. The fourth-order valence-corrected chi connectivity index (χ4v) is 2.95. The van der Waals surface area contributed by atoms with Gasteiger partial charge in [0.2, 0.25) is 5.91 Å². The molecule has 2 N–H and O–H groups in total. The summed E-state index contributed by atoms with van der Waals surface area (Å²) in [4.78, 5) is 16.5. The van der Waals surface area contributed by atoms with Crippen LogP contribution in [0.1, 0.15) is 32.6 Å². The lowest BCUT2D eigenvalue weighted by atomic mass is 9.91. The van der Waals surface area contributed by atoms with Crippen LogP contribution in [0.5, 0.6) is 0 Å². The highest BCUT2D eigenvalue weighted by atomic mass is 79.9. The normalized spacial score (nSPS) is 22.5. The fraction of sp³-hybridized carbons (Fsp3) is 0.538. The van der Waals surface area contributed by atoms with Crippen LogP contribution in [-0.2, 0) is 4.79 Å². The second kappa shape index (κ2) is 6.20. The van der Waals surface area contributed by atoms with Gasteiger partial charge in [0, 0.05) is 0 Å². The van der Waals surface area contributed by atoms with Crippen molar-refractivity contribution in [2.75, 3.05) is 11.9 Å². The van der Waals surface area contributed by atoms with Crippen LogP contribution in [0, 0.1) is 0 Å². The molecule has 0 spiro atoms. The van der Waals surface area contributed by atoms with E-state index in [-0.39, 0.29) is 5.91 Å². The van der Waals surface area contributed by atoms with Crippen LogP contribution in [0.3, 0.4) is 0 Å². The Kier molecular flexibility index (Phi) is 4.81. The summed E-state index contributed by atoms with van der Waals surface area (Å²) in [5.74, 6) is 0.0165. The van der Waals surface area contributed by atoms with Crippen molar-refractivity contribution in [1.82, 2.24) is 10.3 Å². The minimum absolute atomic E-state index is 0.0165. The predicted molar refractivity (Wildman–Crippen MR) is 80.5 cm³/mol. The van der Waals surface area contributed by atoms with Gasteiger partial charge in [-0.25, -0.2) is 4.98 Å². The van der Waals surface area contributed by atoms with Crippen molar-refractivity contribution >= 4 is 39.1 Å². The Hall–Kier alpha value is -0.650. The highest BCUT2D eigenvalue weighted by Gasteiger charge is 2.39. The molecule has 4 nitrogen and oxygen atoms in total. The SMILES string of the molecule is CCCC1(C(=O)Nc2cnc(Cl)c(Br)c2)CCCN1. The molecule has 0 radical (unpaired) electrons. The summed E-state index contributed by atoms with van der Waals surface area (Å²) in [6.45, 7) is 2.99. The van der Waals surface area contributed by atoms with Crippen molar-refractivity contribution < 1.29 is 4.79 Å². The quantitative estimate of drug-likeness (QED) is 0.822. The third-order valence-corrected chi connectivity index (χ3v) is 4.54. The second-order valence-electron chi connectivity index (χ2n) is 4.81. The molecule has 1 atom stereocenters. The van der Waals surface area contributed by atoms with Gasteiger partial charge < -0.3 is 10.6 Å². The Labute approximate surface area is 126 Å². The molecular weight excluding hydrogens is 330 g/mol. The van der Waals surface area contributed by atoms with Crippen LogP contribution in [-0.4, -0.2) is 23.0 Å². The standard InChI is InChI=1S/C13H17BrClN3O/c1-2-4-13(5-3-6-17-13)12(19)18-9-7-10(14)11(15)16-8-9/h7-8,17H,2-6H2,1H3,(H,18,19). The summed E-state index contributed by atoms with van der Waals surface area (Å²) in [5.41, 5.74) is 0.228. The number of carbonyl (C=O) groups is 1. The second-order valence-corrected chi connectivity index (χ2v) is 6.03. The Morgan fingerprint density at radius 2 is 2.47 bits per heavy atom. The first-order valence-electron chi connectivity index (χ1n) is 6.45. The molecule has 1 unspecified atom stereocenters. The Morgan fingerprint density at radius 3 is 3.05 bits per heavy atom. The van der Waals surface area contributed by atoms with Crippen LogP contribution in [0.25, 0.3) is 0 Å². The lowest BCUT2D eigenvalue weighted by Gasteiger charge is -2.27. The zero-order chi connectivity index (χ0) is 13.9. The molecule has 1 aliphatic heterocycles. The van der Waals surface area contributed by atoms with Crippen molar-refractivity contribution in [1.29, 1.82) is 0 Å². The molecule has 19 heavy (non-hydrogen) atoms. The smallest absolute Gasteiger partial charge is 0.244 e. The van der Waals surface area contributed by atoms with Crippen molar-refractivity contribution in [3.8, 4) is 0 Å². The molecule has 0 saturated carbocycles. The number of anilines is 1. The maximum absolute atomic E-state index is 12.5. The van der Waals surface area contributed by atoms with Crippen molar-refractivity contribution in [2.24, 2.45) is 0 Å². The molecular formula is C13H17BrClN3O. The summed E-state index contributed by atoms with van der Waals surface area (Å²) in [6, 6.07) is 1.77. The third-order valence-electron chi connectivity index (χ3n) is 3.41. The average Bonchev–Trinajstić information content (AvgIpc) is 2.84. The molecule has 0 aliphatic carbocycles. The summed E-state index contributed by atoms with van der Waals surface area (Å²) in [7, 11) is 0. The molecule has 1 fully saturated rings. The topological polar surface area (TPSA) is 54.0 Å². The minimum atomic E-state index is -0.430. The lowest BCUT2D eigenvalue weighted by Crippen LogP contribution is -2.50. The van der Waals surface area contributed by atoms with Crippen LogP contribution in [0.15, 0.2) is 16.7 Å². The number of nitrogens with one attached hydrogen (secondary N) is 2. The van der Waals surface area contributed by atoms with Gasteiger partial charge in [-0.2, -0.15) is 0 Å². The zero-order valence-corrected chi connectivity index (χ0v) is 13.1. The molecule has 0 aromatic carbocycles. The van der Waals surface area contributed by atoms with Gasteiger partial charge in [-0.3, -0.25) is 4.79 Å². The summed E-state index contributed by atoms with van der Waals surface area (Å²) in [5, 5.41) is 6.66. The summed E-state index contributed by atoms with van der Waals surface area (Å²) >= 11 is 9.14. The van der Waals surface area contributed by atoms with E-state index in [1.54, 1.807) is 12.3 Å². The molecule has 104 valence electrons. The van der Waals surface area contributed by atoms with E-state index in [0.29, 0.717) is 15.3 Å². The van der Waals surface area contributed by atoms with E-state index in [1.807, 2.05) is 0 Å². The summed E-state index contributed by atoms with van der Waals surface area (Å²) in [6.07, 6.45) is 5.31. The number of carbonyl (C=O) groups excluding carboxylic acids is 1. The molecule has 1 aromatic heterocycles. The van der Waals surface area contributed by atoms with Crippen LogP contribution in [0.4, 0.5) is 5.69 Å². The number of amides is 1. The number of aromatic nitrogens is 1. The van der Waals surface area contributed by atoms with E-state index in [9.17, 15) is 4.79 Å².